The van der Waals surface area contributed by atoms with Crippen LogP contribution in [0, 0.1) is 0 Å². The summed E-state index contributed by atoms with van der Waals surface area (Å²) in [5, 5.41) is 18.1. The van der Waals surface area contributed by atoms with Gasteiger partial charge in [0.05, 0.1) is 5.69 Å². The van der Waals surface area contributed by atoms with Crippen LogP contribution in [0.15, 0.2) is 35.1 Å². The number of aryl methyl sites for hydroxylation is 1. The quantitative estimate of drug-likeness (QED) is 0.544. The van der Waals surface area contributed by atoms with Crippen molar-refractivity contribution in [2.24, 2.45) is 0 Å². The lowest BCUT2D eigenvalue weighted by molar-refractivity contribution is 0.563. The van der Waals surface area contributed by atoms with Gasteiger partial charge in [-0.05, 0) is 35.9 Å². The Morgan fingerprint density at radius 3 is 2.76 bits per heavy atom. The monoisotopic (exact) mass is 373 g/mol. The lowest BCUT2D eigenvalue weighted by Gasteiger charge is -1.98. The van der Waals surface area contributed by atoms with E-state index in [2.05, 4.69) is 25.5 Å². The number of nitrogens with zero attached hydrogens (tertiary/aromatic N) is 7. The molecule has 0 spiro atoms. The number of aromatic nitrogens is 7. The second-order valence-electron chi connectivity index (χ2n) is 5.28. The Morgan fingerprint density at radius 1 is 1.20 bits per heavy atom. The molecule has 25 heavy (non-hydrogen) atoms. The Labute approximate surface area is 150 Å². The van der Waals surface area contributed by atoms with Crippen LogP contribution in [-0.2, 0) is 13.0 Å². The zero-order valence-corrected chi connectivity index (χ0v) is 14.7. The molecule has 3 aromatic heterocycles. The van der Waals surface area contributed by atoms with Crippen LogP contribution in [0.5, 0.6) is 0 Å². The molecule has 0 radical (unpaired) electrons. The van der Waals surface area contributed by atoms with Crippen molar-refractivity contribution in [3.05, 3.63) is 56.4 Å². The van der Waals surface area contributed by atoms with Crippen LogP contribution in [-0.4, -0.2) is 34.8 Å². The van der Waals surface area contributed by atoms with Crippen molar-refractivity contribution in [1.82, 2.24) is 34.8 Å². The summed E-state index contributed by atoms with van der Waals surface area (Å²) in [6.07, 6.45) is 0.762. The van der Waals surface area contributed by atoms with Gasteiger partial charge in [-0.2, -0.15) is 14.4 Å². The maximum absolute atomic E-state index is 12.2. The number of hydrogen-bond acceptors (Lipinski definition) is 7. The van der Waals surface area contributed by atoms with Gasteiger partial charge in [0, 0.05) is 16.7 Å². The van der Waals surface area contributed by atoms with Crippen LogP contribution in [0.1, 0.15) is 17.6 Å². The molecule has 4 rings (SSSR count). The Balaban J connectivity index is 1.63. The summed E-state index contributed by atoms with van der Waals surface area (Å²) in [5.74, 6) is 0.487. The average molecular weight is 374 g/mol. The van der Waals surface area contributed by atoms with Crippen molar-refractivity contribution >= 4 is 27.9 Å². The van der Waals surface area contributed by atoms with Crippen molar-refractivity contribution in [2.45, 2.75) is 19.9 Å². The predicted octanol–water partition coefficient (Wildman–Crippen LogP) is 2.07. The van der Waals surface area contributed by atoms with Crippen LogP contribution >= 0.6 is 22.9 Å². The molecular weight excluding hydrogens is 362 g/mol. The third kappa shape index (κ3) is 3.15. The minimum absolute atomic E-state index is 0.214. The van der Waals surface area contributed by atoms with Crippen LogP contribution in [0.25, 0.3) is 16.3 Å². The molecule has 1 aromatic carbocycles. The zero-order valence-electron chi connectivity index (χ0n) is 13.1. The van der Waals surface area contributed by atoms with E-state index in [0.29, 0.717) is 21.5 Å². The summed E-state index contributed by atoms with van der Waals surface area (Å²) < 4.78 is 1.32. The molecule has 4 aromatic rings. The summed E-state index contributed by atoms with van der Waals surface area (Å²) in [7, 11) is 0. The number of hydrogen-bond donors (Lipinski definition) is 0. The van der Waals surface area contributed by atoms with E-state index in [1.807, 2.05) is 19.1 Å². The molecule has 0 N–H and O–H groups in total. The highest BCUT2D eigenvalue weighted by molar-refractivity contribution is 7.16. The first-order valence-corrected chi connectivity index (χ1v) is 8.74. The van der Waals surface area contributed by atoms with Gasteiger partial charge >= 0.3 is 0 Å². The largest absolute Gasteiger partial charge is 0.275 e. The molecule has 0 aliphatic carbocycles. The Bertz CT molecular complexity index is 1100. The summed E-state index contributed by atoms with van der Waals surface area (Å²) >= 11 is 7.28. The van der Waals surface area contributed by atoms with E-state index in [9.17, 15) is 4.79 Å². The minimum Gasteiger partial charge on any atom is -0.267 e. The molecule has 8 nitrogen and oxygen atoms in total. The molecule has 126 valence electrons. The first-order chi connectivity index (χ1) is 12.1. The third-order valence-corrected chi connectivity index (χ3v) is 4.81. The van der Waals surface area contributed by atoms with Crippen molar-refractivity contribution < 1.29 is 0 Å². The first kappa shape index (κ1) is 15.9. The Morgan fingerprint density at radius 2 is 2.00 bits per heavy atom. The van der Waals surface area contributed by atoms with Crippen LogP contribution in [0.2, 0.25) is 5.02 Å². The second kappa shape index (κ2) is 6.34. The van der Waals surface area contributed by atoms with Gasteiger partial charge in [0.1, 0.15) is 11.6 Å². The average Bonchev–Trinajstić information content (AvgIpc) is 3.22. The summed E-state index contributed by atoms with van der Waals surface area (Å²) in [4.78, 5) is 18.6. The minimum atomic E-state index is -0.214. The van der Waals surface area contributed by atoms with E-state index in [4.69, 9.17) is 11.6 Å². The van der Waals surface area contributed by atoms with Crippen LogP contribution in [0.3, 0.4) is 0 Å². The van der Waals surface area contributed by atoms with Crippen molar-refractivity contribution in [3.63, 3.8) is 0 Å². The zero-order chi connectivity index (χ0) is 17.4. The normalized spacial score (nSPS) is 11.3. The molecule has 10 heteroatoms. The maximum atomic E-state index is 12.2. The van der Waals surface area contributed by atoms with E-state index in [-0.39, 0.29) is 12.1 Å². The van der Waals surface area contributed by atoms with Crippen molar-refractivity contribution in [3.8, 4) is 11.4 Å². The summed E-state index contributed by atoms with van der Waals surface area (Å²) in [6, 6.07) is 8.62. The first-order valence-electron chi connectivity index (χ1n) is 7.55. The number of halogens is 1. The Kier molecular flexibility index (Phi) is 4.02. The van der Waals surface area contributed by atoms with Gasteiger partial charge in [-0.3, -0.25) is 4.79 Å². The van der Waals surface area contributed by atoms with Gasteiger partial charge in [0.15, 0.2) is 0 Å². The van der Waals surface area contributed by atoms with E-state index in [1.54, 1.807) is 12.1 Å². The van der Waals surface area contributed by atoms with E-state index < -0.39 is 0 Å². The van der Waals surface area contributed by atoms with Crippen LogP contribution < -0.4 is 5.56 Å². The van der Waals surface area contributed by atoms with Gasteiger partial charge < -0.3 is 0 Å². The van der Waals surface area contributed by atoms with Crippen molar-refractivity contribution in [1.29, 1.82) is 0 Å². The topological polar surface area (TPSA) is 90.9 Å². The van der Waals surface area contributed by atoms with E-state index in [0.717, 1.165) is 17.0 Å². The highest BCUT2D eigenvalue weighted by Crippen LogP contribution is 2.17. The number of rotatable bonds is 4. The van der Waals surface area contributed by atoms with E-state index >= 15 is 0 Å². The van der Waals surface area contributed by atoms with Gasteiger partial charge in [-0.1, -0.05) is 29.9 Å². The summed E-state index contributed by atoms with van der Waals surface area (Å²) in [5.41, 5.74) is 1.17. The molecule has 0 aliphatic rings. The molecule has 0 fully saturated rings. The number of benzene rings is 1. The van der Waals surface area contributed by atoms with E-state index in [1.165, 1.54) is 26.7 Å². The molecular formula is C15H12ClN7OS. The number of fused-ring (bicyclic) bond motifs is 1. The van der Waals surface area contributed by atoms with Gasteiger partial charge in [0.25, 0.3) is 5.56 Å². The lowest BCUT2D eigenvalue weighted by atomic mass is 10.2. The fraction of sp³-hybridized carbons (Fsp3) is 0.200. The highest BCUT2D eigenvalue weighted by atomic mass is 35.5. The highest BCUT2D eigenvalue weighted by Gasteiger charge is 2.11. The predicted molar refractivity (Wildman–Crippen MR) is 93.9 cm³/mol. The lowest BCUT2D eigenvalue weighted by Crippen LogP contribution is -2.17. The van der Waals surface area contributed by atoms with Crippen molar-refractivity contribution in [2.75, 3.05) is 0 Å². The molecule has 3 heterocycles. The smallest absolute Gasteiger partial charge is 0.267 e. The maximum Gasteiger partial charge on any atom is 0.275 e. The summed E-state index contributed by atoms with van der Waals surface area (Å²) in [6.45, 7) is 2.24. The van der Waals surface area contributed by atoms with Crippen LogP contribution in [0.4, 0.5) is 0 Å². The molecule has 0 amide bonds. The SMILES string of the molecule is CCc1nn2c(=O)cc(Cn3nnc(-c4ccc(Cl)cc4)n3)nc2s1. The molecule has 0 unspecified atom stereocenters. The third-order valence-electron chi connectivity index (χ3n) is 3.50. The molecule has 0 atom stereocenters. The van der Waals surface area contributed by atoms with Gasteiger partial charge in [-0.15, -0.1) is 10.2 Å². The fourth-order valence-corrected chi connectivity index (χ4v) is 3.27. The Hall–Kier alpha value is -2.65. The standard InChI is InChI=1S/C15H12ClN7OS/c1-2-12-19-23-13(24)7-11(17-15(23)25-12)8-22-20-14(18-21-22)9-3-5-10(16)6-4-9/h3-7H,2,8H2,1H3. The molecule has 0 aliphatic heterocycles. The molecule has 0 saturated carbocycles. The fourth-order valence-electron chi connectivity index (χ4n) is 2.29. The molecule has 0 saturated heterocycles. The number of tetrazole rings is 1. The molecule has 0 bridgehead atoms. The second-order valence-corrected chi connectivity index (χ2v) is 6.76. The van der Waals surface area contributed by atoms with Gasteiger partial charge in [0.2, 0.25) is 10.8 Å². The van der Waals surface area contributed by atoms with Gasteiger partial charge in [-0.25, -0.2) is 4.98 Å².